The van der Waals surface area contributed by atoms with Crippen molar-refractivity contribution in [1.29, 1.82) is 0 Å². The van der Waals surface area contributed by atoms with Gasteiger partial charge in [0.1, 0.15) is 22.9 Å². The Bertz CT molecular complexity index is 2870. The van der Waals surface area contributed by atoms with E-state index in [4.69, 9.17) is 9.72 Å². The topological polar surface area (TPSA) is 189 Å². The lowest BCUT2D eigenvalue weighted by Gasteiger charge is -2.42. The van der Waals surface area contributed by atoms with Crippen LogP contribution in [0.1, 0.15) is 67.9 Å². The number of piperazine rings is 1. The number of phenolic OH excluding ortho intramolecular Hbond substituents is 2. The smallest absolute Gasteiger partial charge is 0.348 e. The van der Waals surface area contributed by atoms with Crippen molar-refractivity contribution >= 4 is 46.3 Å². The predicted octanol–water partition coefficient (Wildman–Crippen LogP) is 7.00. The zero-order chi connectivity index (χ0) is 47.1. The monoisotopic (exact) mass is 907 g/mol. The highest BCUT2D eigenvalue weighted by Gasteiger charge is 2.34. The number of aromatic nitrogens is 5. The summed E-state index contributed by atoms with van der Waals surface area (Å²) in [6.45, 7) is 12.7. The molecule has 3 aliphatic heterocycles. The molecule has 2 amide bonds. The summed E-state index contributed by atoms with van der Waals surface area (Å²) >= 11 is 0. The van der Waals surface area contributed by atoms with E-state index in [1.54, 1.807) is 24.2 Å². The highest BCUT2D eigenvalue weighted by molar-refractivity contribution is 6.13. The van der Waals surface area contributed by atoms with Crippen LogP contribution in [0, 0.1) is 5.92 Å². The molecule has 0 radical (unpaired) electrons. The van der Waals surface area contributed by atoms with Crippen molar-refractivity contribution in [1.82, 2.24) is 34.5 Å². The predicted molar refractivity (Wildman–Crippen MR) is 259 cm³/mol. The van der Waals surface area contributed by atoms with Gasteiger partial charge < -0.3 is 39.9 Å². The third kappa shape index (κ3) is 8.73. The van der Waals surface area contributed by atoms with E-state index in [1.807, 2.05) is 98.3 Å². The van der Waals surface area contributed by atoms with Crippen LogP contribution in [0.25, 0.3) is 17.1 Å². The second kappa shape index (κ2) is 18.5. The number of para-hydroxylation sites is 1. The number of anilines is 6. The van der Waals surface area contributed by atoms with Crippen molar-refractivity contribution in [2.45, 2.75) is 59.0 Å². The van der Waals surface area contributed by atoms with Crippen LogP contribution in [0.3, 0.4) is 0 Å². The Morgan fingerprint density at radius 1 is 0.881 bits per heavy atom. The van der Waals surface area contributed by atoms with E-state index in [-0.39, 0.29) is 47.0 Å². The standard InChI is InChI=1S/C50H57N11O6/c1-7-67-44-24-35(16-17-39(44)52-49-51-27-41-46(53-49)56(5)40-11-9-8-10-36(40)48(65)57(41)6)58-20-18-33(19-21-58)47(64)60-23-22-59(31(4)28-60)29-32-12-14-34(15-13-32)61-45(54-55-50(61)66)38-25-37(30(2)3)42(62)26-43(38)63/h8-17,24-27,30-31,33,62-63H,7,18-23,28-29H2,1-6H3,(H,55,66)(H,51,52,53)/t31-/m0/s1. The molecule has 67 heavy (non-hydrogen) atoms. The Morgan fingerprint density at radius 2 is 1.63 bits per heavy atom. The molecule has 1 atom stereocenters. The Hall–Kier alpha value is -7.40. The molecule has 4 N–H and O–H groups in total. The van der Waals surface area contributed by atoms with Crippen molar-refractivity contribution < 1.29 is 24.5 Å². The van der Waals surface area contributed by atoms with E-state index >= 15 is 0 Å². The maximum absolute atomic E-state index is 13.9. The minimum absolute atomic E-state index is 0.00767. The summed E-state index contributed by atoms with van der Waals surface area (Å²) in [6.07, 6.45) is 3.17. The minimum Gasteiger partial charge on any atom is -0.508 e. The number of phenols is 2. The van der Waals surface area contributed by atoms with Gasteiger partial charge in [0.15, 0.2) is 11.6 Å². The fraction of sp³-hybridized carbons (Fsp3) is 0.360. The first kappa shape index (κ1) is 44.8. The molecule has 6 aromatic rings. The molecule has 9 rings (SSSR count). The van der Waals surface area contributed by atoms with Gasteiger partial charge in [-0.25, -0.2) is 19.4 Å². The SMILES string of the molecule is CCOc1cc(N2CCC(C(=O)N3CCN(Cc4ccc(-n5c(-c6cc(C(C)C)c(O)cc6O)n[nH]c5=O)cc4)[C@@H](C)C3)CC2)ccc1Nc1ncc2c(n1)N(C)c1ccccc1C(=O)N2C. The number of amides is 2. The van der Waals surface area contributed by atoms with Crippen molar-refractivity contribution in [2.75, 3.05) is 73.4 Å². The molecule has 5 heterocycles. The summed E-state index contributed by atoms with van der Waals surface area (Å²) in [7, 11) is 3.62. The summed E-state index contributed by atoms with van der Waals surface area (Å²) in [5.74, 6) is 1.74. The number of piperidine rings is 1. The molecule has 2 aromatic heterocycles. The maximum Gasteiger partial charge on any atom is 0.348 e. The maximum atomic E-state index is 13.9. The van der Waals surface area contributed by atoms with Crippen LogP contribution in [0.4, 0.5) is 34.5 Å². The summed E-state index contributed by atoms with van der Waals surface area (Å²) in [5.41, 5.74) is 5.90. The lowest BCUT2D eigenvalue weighted by molar-refractivity contribution is -0.139. The Morgan fingerprint density at radius 3 is 2.36 bits per heavy atom. The quantitative estimate of drug-likeness (QED) is 0.104. The highest BCUT2D eigenvalue weighted by atomic mass is 16.5. The largest absolute Gasteiger partial charge is 0.508 e. The van der Waals surface area contributed by atoms with Gasteiger partial charge in [0.2, 0.25) is 11.9 Å². The number of fused-ring (bicyclic) bond motifs is 2. The third-order valence-corrected chi connectivity index (χ3v) is 13.3. The molecule has 3 aliphatic rings. The van der Waals surface area contributed by atoms with E-state index in [0.29, 0.717) is 71.8 Å². The lowest BCUT2D eigenvalue weighted by atomic mass is 9.94. The number of aromatic hydroxyl groups is 2. The lowest BCUT2D eigenvalue weighted by Crippen LogP contribution is -2.55. The molecule has 17 nitrogen and oxygen atoms in total. The molecule has 4 aromatic carbocycles. The van der Waals surface area contributed by atoms with Gasteiger partial charge in [-0.2, -0.15) is 10.1 Å². The first-order valence-corrected chi connectivity index (χ1v) is 22.9. The van der Waals surface area contributed by atoms with Crippen LogP contribution >= 0.6 is 0 Å². The molecule has 0 unspecified atom stereocenters. The molecule has 0 spiro atoms. The van der Waals surface area contributed by atoms with Gasteiger partial charge in [0, 0.05) is 83.1 Å². The van der Waals surface area contributed by atoms with Crippen molar-refractivity contribution in [2.24, 2.45) is 5.92 Å². The summed E-state index contributed by atoms with van der Waals surface area (Å²) < 4.78 is 7.54. The van der Waals surface area contributed by atoms with E-state index in [1.165, 1.54) is 10.6 Å². The molecule has 0 saturated carbocycles. The number of hydrogen-bond acceptors (Lipinski definition) is 13. The average molecular weight is 908 g/mol. The number of H-pyrrole nitrogens is 1. The Balaban J connectivity index is 0.799. The molecule has 2 fully saturated rings. The van der Waals surface area contributed by atoms with Crippen LogP contribution in [-0.2, 0) is 11.3 Å². The second-order valence-corrected chi connectivity index (χ2v) is 17.9. The normalized spacial score (nSPS) is 16.8. The van der Waals surface area contributed by atoms with Crippen LogP contribution < -0.4 is 30.4 Å². The van der Waals surface area contributed by atoms with E-state index in [0.717, 1.165) is 55.1 Å². The first-order chi connectivity index (χ1) is 32.3. The van der Waals surface area contributed by atoms with Gasteiger partial charge in [0.25, 0.3) is 5.91 Å². The average Bonchev–Trinajstić information content (AvgIpc) is 3.69. The summed E-state index contributed by atoms with van der Waals surface area (Å²) in [4.78, 5) is 59.8. The summed E-state index contributed by atoms with van der Waals surface area (Å²) in [6, 6.07) is 24.3. The molecule has 0 aliphatic carbocycles. The highest BCUT2D eigenvalue weighted by Crippen LogP contribution is 2.40. The van der Waals surface area contributed by atoms with Gasteiger partial charge in [-0.15, -0.1) is 0 Å². The molecular formula is C50H57N11O6. The number of rotatable bonds is 11. The second-order valence-electron chi connectivity index (χ2n) is 17.9. The number of hydrogen-bond donors (Lipinski definition) is 4. The number of aromatic amines is 1. The zero-order valence-electron chi connectivity index (χ0n) is 38.7. The number of benzene rings is 4. The molecule has 17 heteroatoms. The number of nitrogens with zero attached hydrogens (tertiary/aromatic N) is 9. The van der Waals surface area contributed by atoms with Crippen molar-refractivity contribution in [3.63, 3.8) is 0 Å². The van der Waals surface area contributed by atoms with Crippen molar-refractivity contribution in [3.05, 3.63) is 112 Å². The molecule has 348 valence electrons. The van der Waals surface area contributed by atoms with Gasteiger partial charge in [-0.05, 0) is 86.2 Å². The van der Waals surface area contributed by atoms with Gasteiger partial charge in [-0.3, -0.25) is 14.5 Å². The molecular weight excluding hydrogens is 851 g/mol. The first-order valence-electron chi connectivity index (χ1n) is 22.9. The number of carbonyl (C=O) groups is 2. The zero-order valence-corrected chi connectivity index (χ0v) is 38.7. The number of carbonyl (C=O) groups excluding carboxylic acids is 2. The van der Waals surface area contributed by atoms with Crippen LogP contribution in [0.2, 0.25) is 0 Å². The van der Waals surface area contributed by atoms with Gasteiger partial charge in [-0.1, -0.05) is 38.1 Å². The summed E-state index contributed by atoms with van der Waals surface area (Å²) in [5, 5.41) is 31.2. The minimum atomic E-state index is -0.441. The van der Waals surface area contributed by atoms with Crippen molar-refractivity contribution in [3.8, 4) is 34.3 Å². The van der Waals surface area contributed by atoms with Gasteiger partial charge >= 0.3 is 5.69 Å². The van der Waals surface area contributed by atoms with E-state index in [2.05, 4.69) is 43.3 Å². The molecule has 2 saturated heterocycles. The fourth-order valence-corrected chi connectivity index (χ4v) is 9.48. The fourth-order valence-electron chi connectivity index (χ4n) is 9.48. The van der Waals surface area contributed by atoms with Crippen LogP contribution in [-0.4, -0.2) is 116 Å². The number of nitrogens with one attached hydrogen (secondary N) is 2. The third-order valence-electron chi connectivity index (χ3n) is 13.3. The van der Waals surface area contributed by atoms with Gasteiger partial charge in [0.05, 0.1) is 41.0 Å². The van der Waals surface area contributed by atoms with Crippen LogP contribution in [0.5, 0.6) is 17.2 Å². The Labute approximate surface area is 389 Å². The number of ether oxygens (including phenoxy) is 1. The Kier molecular flexibility index (Phi) is 12.3. The van der Waals surface area contributed by atoms with E-state index < -0.39 is 5.69 Å². The molecule has 0 bridgehead atoms. The van der Waals surface area contributed by atoms with E-state index in [9.17, 15) is 24.6 Å². The van der Waals surface area contributed by atoms with Crippen LogP contribution in [0.15, 0.2) is 89.9 Å².